The van der Waals surface area contributed by atoms with Gasteiger partial charge in [-0.25, -0.2) is 4.79 Å². The van der Waals surface area contributed by atoms with E-state index in [4.69, 9.17) is 0 Å². The zero-order valence-electron chi connectivity index (χ0n) is 16.2. The second kappa shape index (κ2) is 8.85. The summed E-state index contributed by atoms with van der Waals surface area (Å²) in [5, 5.41) is 3.08. The molecule has 2 aromatic rings. The van der Waals surface area contributed by atoms with Crippen LogP contribution in [-0.2, 0) is 6.42 Å². The summed E-state index contributed by atoms with van der Waals surface area (Å²) >= 11 is 0. The van der Waals surface area contributed by atoms with Gasteiger partial charge in [0.1, 0.15) is 0 Å². The second-order valence-corrected chi connectivity index (χ2v) is 7.26. The Hall–Kier alpha value is -2.62. The Morgan fingerprint density at radius 1 is 1.04 bits per heavy atom. The maximum atomic E-state index is 12.6. The van der Waals surface area contributed by atoms with Gasteiger partial charge in [-0.05, 0) is 37.3 Å². The number of carbonyl (C=O) groups excluding carboxylic acids is 2. The first-order valence-electron chi connectivity index (χ1n) is 9.82. The monoisotopic (exact) mass is 364 g/mol. The van der Waals surface area contributed by atoms with Gasteiger partial charge in [-0.3, -0.25) is 4.79 Å². The van der Waals surface area contributed by atoms with Crippen LogP contribution in [0.4, 0.5) is 4.79 Å². The molecule has 0 aliphatic carbocycles. The predicted molar refractivity (Wildman–Crippen MR) is 108 cm³/mol. The number of ketones is 1. The fraction of sp³-hybridized carbons (Fsp3) is 0.391. The average Bonchev–Trinajstić information content (AvgIpc) is 2.74. The lowest BCUT2D eigenvalue weighted by Crippen LogP contribution is -2.46. The molecule has 0 bridgehead atoms. The van der Waals surface area contributed by atoms with Gasteiger partial charge in [0.15, 0.2) is 5.78 Å². The van der Waals surface area contributed by atoms with Crippen molar-refractivity contribution in [1.29, 1.82) is 0 Å². The molecule has 0 saturated carbocycles. The van der Waals surface area contributed by atoms with Crippen LogP contribution in [-0.4, -0.2) is 29.8 Å². The summed E-state index contributed by atoms with van der Waals surface area (Å²) in [5.41, 5.74) is 3.17. The number of carbonyl (C=O) groups is 2. The zero-order chi connectivity index (χ0) is 19.2. The molecule has 1 heterocycles. The minimum absolute atomic E-state index is 0.00969. The molecule has 1 atom stereocenters. The number of hydrogen-bond donors (Lipinski definition) is 1. The van der Waals surface area contributed by atoms with Gasteiger partial charge in [0.2, 0.25) is 0 Å². The van der Waals surface area contributed by atoms with E-state index >= 15 is 0 Å². The highest BCUT2D eigenvalue weighted by molar-refractivity contribution is 5.98. The van der Waals surface area contributed by atoms with Crippen LogP contribution >= 0.6 is 0 Å². The summed E-state index contributed by atoms with van der Waals surface area (Å²) in [6.45, 7) is 5.38. The van der Waals surface area contributed by atoms with E-state index in [-0.39, 0.29) is 23.8 Å². The molecule has 4 nitrogen and oxygen atoms in total. The van der Waals surface area contributed by atoms with Crippen LogP contribution in [0.5, 0.6) is 0 Å². The number of benzene rings is 2. The van der Waals surface area contributed by atoms with Crippen LogP contribution in [0, 0.1) is 5.92 Å². The van der Waals surface area contributed by atoms with Crippen molar-refractivity contribution in [3.8, 4) is 0 Å². The van der Waals surface area contributed by atoms with Crippen molar-refractivity contribution in [2.45, 2.75) is 39.2 Å². The van der Waals surface area contributed by atoms with Crippen molar-refractivity contribution in [2.75, 3.05) is 13.1 Å². The highest BCUT2D eigenvalue weighted by atomic mass is 16.2. The molecular weight excluding hydrogens is 336 g/mol. The SMILES string of the molecule is CCc1ccc(C(C)NC(=O)N2CCC(C(=O)c3ccccc3)CC2)cc1. The highest BCUT2D eigenvalue weighted by Gasteiger charge is 2.28. The largest absolute Gasteiger partial charge is 0.331 e. The number of urea groups is 1. The van der Waals surface area contributed by atoms with Gasteiger partial charge in [-0.2, -0.15) is 0 Å². The van der Waals surface area contributed by atoms with Crippen LogP contribution in [0.25, 0.3) is 0 Å². The average molecular weight is 364 g/mol. The van der Waals surface area contributed by atoms with E-state index in [2.05, 4.69) is 36.5 Å². The standard InChI is InChI=1S/C23H28N2O2/c1-3-18-9-11-19(12-10-18)17(2)24-23(27)25-15-13-21(14-16-25)22(26)20-7-5-4-6-8-20/h4-12,17,21H,3,13-16H2,1-2H3,(H,24,27). The number of hydrogen-bond acceptors (Lipinski definition) is 2. The molecule has 3 rings (SSSR count). The molecule has 0 aromatic heterocycles. The van der Waals surface area contributed by atoms with Gasteiger partial charge < -0.3 is 10.2 Å². The third kappa shape index (κ3) is 4.76. The zero-order valence-corrected chi connectivity index (χ0v) is 16.2. The number of likely N-dealkylation sites (tertiary alicyclic amines) is 1. The quantitative estimate of drug-likeness (QED) is 0.787. The second-order valence-electron chi connectivity index (χ2n) is 7.26. The lowest BCUT2D eigenvalue weighted by Gasteiger charge is -2.32. The Morgan fingerprint density at radius 3 is 2.26 bits per heavy atom. The Bertz CT molecular complexity index is 763. The van der Waals surface area contributed by atoms with E-state index in [1.807, 2.05) is 42.2 Å². The first-order valence-corrected chi connectivity index (χ1v) is 9.82. The van der Waals surface area contributed by atoms with Gasteiger partial charge >= 0.3 is 6.03 Å². The molecule has 0 radical (unpaired) electrons. The highest BCUT2D eigenvalue weighted by Crippen LogP contribution is 2.22. The normalized spacial score (nSPS) is 16.0. The fourth-order valence-electron chi connectivity index (χ4n) is 3.58. The van der Waals surface area contributed by atoms with Crippen molar-refractivity contribution >= 4 is 11.8 Å². The van der Waals surface area contributed by atoms with Gasteiger partial charge in [0, 0.05) is 24.6 Å². The lowest BCUT2D eigenvalue weighted by molar-refractivity contribution is 0.0853. The summed E-state index contributed by atoms with van der Waals surface area (Å²) in [6.07, 6.45) is 2.46. The number of piperidine rings is 1. The van der Waals surface area contributed by atoms with Gasteiger partial charge in [-0.1, -0.05) is 61.5 Å². The summed E-state index contributed by atoms with van der Waals surface area (Å²) in [6, 6.07) is 17.7. The van der Waals surface area contributed by atoms with Crippen LogP contribution in [0.3, 0.4) is 0 Å². The molecular formula is C23H28N2O2. The molecule has 27 heavy (non-hydrogen) atoms. The Balaban J connectivity index is 1.51. The Labute approximate surface area is 161 Å². The van der Waals surface area contributed by atoms with Crippen molar-refractivity contribution < 1.29 is 9.59 Å². The lowest BCUT2D eigenvalue weighted by atomic mass is 9.89. The smallest absolute Gasteiger partial charge is 0.317 e. The molecule has 1 saturated heterocycles. The summed E-state index contributed by atoms with van der Waals surface area (Å²) in [5.74, 6) is 0.204. The first kappa shape index (κ1) is 19.2. The summed E-state index contributed by atoms with van der Waals surface area (Å²) in [7, 11) is 0. The number of aryl methyl sites for hydroxylation is 1. The van der Waals surface area contributed by atoms with Gasteiger partial charge in [0.05, 0.1) is 6.04 Å². The van der Waals surface area contributed by atoms with Gasteiger partial charge in [-0.15, -0.1) is 0 Å². The van der Waals surface area contributed by atoms with Crippen LogP contribution in [0.2, 0.25) is 0 Å². The van der Waals surface area contributed by atoms with Gasteiger partial charge in [0.25, 0.3) is 0 Å². The summed E-state index contributed by atoms with van der Waals surface area (Å²) in [4.78, 5) is 27.0. The molecule has 1 fully saturated rings. The number of nitrogens with zero attached hydrogens (tertiary/aromatic N) is 1. The minimum atomic E-state index is -0.0484. The molecule has 1 aliphatic heterocycles. The first-order chi connectivity index (χ1) is 13.1. The molecule has 1 N–H and O–H groups in total. The maximum Gasteiger partial charge on any atom is 0.317 e. The van der Waals surface area contributed by atoms with Crippen molar-refractivity contribution in [3.05, 3.63) is 71.3 Å². The van der Waals surface area contributed by atoms with Crippen molar-refractivity contribution in [3.63, 3.8) is 0 Å². The Kier molecular flexibility index (Phi) is 6.28. The van der Waals surface area contributed by atoms with Crippen LogP contribution < -0.4 is 5.32 Å². The molecule has 2 amide bonds. The maximum absolute atomic E-state index is 12.6. The number of rotatable bonds is 5. The number of amides is 2. The van der Waals surface area contributed by atoms with E-state index in [0.29, 0.717) is 13.1 Å². The van der Waals surface area contributed by atoms with Crippen molar-refractivity contribution in [2.24, 2.45) is 5.92 Å². The topological polar surface area (TPSA) is 49.4 Å². The fourth-order valence-corrected chi connectivity index (χ4v) is 3.58. The predicted octanol–water partition coefficient (Wildman–Crippen LogP) is 4.61. The van der Waals surface area contributed by atoms with E-state index in [9.17, 15) is 9.59 Å². The number of nitrogens with one attached hydrogen (secondary N) is 1. The third-order valence-electron chi connectivity index (χ3n) is 5.44. The minimum Gasteiger partial charge on any atom is -0.331 e. The molecule has 2 aromatic carbocycles. The van der Waals surface area contributed by atoms with E-state index in [1.54, 1.807) is 0 Å². The molecule has 1 aliphatic rings. The van der Waals surface area contributed by atoms with E-state index in [1.165, 1.54) is 5.56 Å². The molecule has 4 heteroatoms. The Morgan fingerprint density at radius 2 is 1.67 bits per heavy atom. The summed E-state index contributed by atoms with van der Waals surface area (Å²) < 4.78 is 0. The van der Waals surface area contributed by atoms with Crippen molar-refractivity contribution in [1.82, 2.24) is 10.2 Å². The number of Topliss-reactive ketones (excluding diaryl/α,β-unsaturated/α-hetero) is 1. The van der Waals surface area contributed by atoms with Crippen LogP contribution in [0.1, 0.15) is 54.2 Å². The molecule has 142 valence electrons. The van der Waals surface area contributed by atoms with E-state index in [0.717, 1.165) is 30.4 Å². The van der Waals surface area contributed by atoms with E-state index < -0.39 is 0 Å². The molecule has 1 unspecified atom stereocenters. The van der Waals surface area contributed by atoms with Crippen LogP contribution in [0.15, 0.2) is 54.6 Å². The molecule has 0 spiro atoms. The third-order valence-corrected chi connectivity index (χ3v) is 5.44.